The summed E-state index contributed by atoms with van der Waals surface area (Å²) in [6, 6.07) is 2.77. The second-order valence-electron chi connectivity index (χ2n) is 8.39. The molecule has 0 bridgehead atoms. The molecule has 0 aliphatic carbocycles. The summed E-state index contributed by atoms with van der Waals surface area (Å²) in [4.78, 5) is 50.2. The first-order chi connectivity index (χ1) is 18.4. The van der Waals surface area contributed by atoms with Crippen LogP contribution in [0, 0.1) is 29.2 Å². The number of carboxylic acids is 1. The van der Waals surface area contributed by atoms with Gasteiger partial charge in [0.05, 0.1) is 11.4 Å². The van der Waals surface area contributed by atoms with E-state index in [9.17, 15) is 36.7 Å². The Balaban J connectivity index is 1.57. The Bertz CT molecular complexity index is 1260. The molecule has 1 saturated heterocycles. The van der Waals surface area contributed by atoms with Gasteiger partial charge in [-0.15, -0.1) is 0 Å². The summed E-state index contributed by atoms with van der Waals surface area (Å²) in [6.45, 7) is -1.02. The number of hydrogen-bond acceptors (Lipinski definition) is 6. The number of carbonyl (C=O) groups excluding carboxylic acids is 3. The Hall–Kier alpha value is -3.58. The maximum absolute atomic E-state index is 13.8. The minimum atomic E-state index is -1.89. The second-order valence-corrected chi connectivity index (χ2v) is 9.18. The van der Waals surface area contributed by atoms with Crippen molar-refractivity contribution in [1.29, 1.82) is 0 Å². The number of carboxylic acid groups (broad SMARTS) is 1. The van der Waals surface area contributed by atoms with Crippen molar-refractivity contribution < 1.29 is 51.3 Å². The number of amides is 2. The molecule has 1 heterocycles. The largest absolute Gasteiger partial charge is 0.481 e. The highest BCUT2D eigenvalue weighted by Gasteiger charge is 2.32. The van der Waals surface area contributed by atoms with Gasteiger partial charge in [0, 0.05) is 25.1 Å². The molecular formula is C24H20Cl2F4N2O7. The van der Waals surface area contributed by atoms with E-state index in [4.69, 9.17) is 33.0 Å². The summed E-state index contributed by atoms with van der Waals surface area (Å²) in [5.41, 5.74) is 0. The van der Waals surface area contributed by atoms with Crippen LogP contribution in [0.3, 0.4) is 0 Å². The molecule has 3 rings (SSSR count). The van der Waals surface area contributed by atoms with Crippen molar-refractivity contribution in [2.75, 3.05) is 19.7 Å². The van der Waals surface area contributed by atoms with Crippen LogP contribution >= 0.6 is 23.2 Å². The normalized spacial score (nSPS) is 14.5. The smallest absolute Gasteiger partial charge is 0.415 e. The number of likely N-dealkylation sites (tertiary alicyclic amines) is 1. The third-order valence-corrected chi connectivity index (χ3v) is 6.55. The average Bonchev–Trinajstić information content (AvgIpc) is 2.89. The lowest BCUT2D eigenvalue weighted by atomic mass is 9.95. The summed E-state index contributed by atoms with van der Waals surface area (Å²) in [7, 11) is 0. The number of ketones is 1. The molecule has 210 valence electrons. The number of hydrogen-bond donors (Lipinski definition) is 2. The summed E-state index contributed by atoms with van der Waals surface area (Å²) >= 11 is 11.9. The van der Waals surface area contributed by atoms with Gasteiger partial charge in [-0.1, -0.05) is 29.3 Å². The number of aliphatic carboxylic acids is 1. The lowest BCUT2D eigenvalue weighted by molar-refractivity contribution is -0.141. The molecule has 0 spiro atoms. The van der Waals surface area contributed by atoms with Crippen LogP contribution in [0.2, 0.25) is 10.0 Å². The second kappa shape index (κ2) is 13.0. The molecule has 0 saturated carbocycles. The fourth-order valence-electron chi connectivity index (χ4n) is 3.68. The zero-order valence-corrected chi connectivity index (χ0v) is 21.3. The Morgan fingerprint density at radius 1 is 1.05 bits per heavy atom. The highest BCUT2D eigenvalue weighted by Crippen LogP contribution is 2.32. The van der Waals surface area contributed by atoms with Gasteiger partial charge >= 0.3 is 12.1 Å². The van der Waals surface area contributed by atoms with Crippen LogP contribution < -0.4 is 14.8 Å². The number of nitrogens with zero attached hydrogens (tertiary/aromatic N) is 1. The van der Waals surface area contributed by atoms with E-state index in [1.165, 1.54) is 23.1 Å². The minimum absolute atomic E-state index is 0.0482. The van der Waals surface area contributed by atoms with Crippen LogP contribution in [0.1, 0.15) is 19.3 Å². The van der Waals surface area contributed by atoms with Gasteiger partial charge in [-0.2, -0.15) is 8.78 Å². The van der Waals surface area contributed by atoms with E-state index in [1.807, 2.05) is 0 Å². The monoisotopic (exact) mass is 594 g/mol. The lowest BCUT2D eigenvalue weighted by Gasteiger charge is -2.31. The van der Waals surface area contributed by atoms with Crippen LogP contribution in [0.15, 0.2) is 24.3 Å². The molecule has 1 fully saturated rings. The minimum Gasteiger partial charge on any atom is -0.481 e. The van der Waals surface area contributed by atoms with Gasteiger partial charge < -0.3 is 24.8 Å². The summed E-state index contributed by atoms with van der Waals surface area (Å²) in [6.07, 6.45) is -1.37. The van der Waals surface area contributed by atoms with Gasteiger partial charge in [0.2, 0.25) is 17.5 Å². The molecule has 1 atom stereocenters. The third-order valence-electron chi connectivity index (χ3n) is 5.75. The number of rotatable bonds is 9. The highest BCUT2D eigenvalue weighted by atomic mass is 35.5. The van der Waals surface area contributed by atoms with E-state index in [0.717, 1.165) is 0 Å². The molecule has 2 N–H and O–H groups in total. The number of nitrogens with one attached hydrogen (secondary N) is 1. The molecule has 2 amide bonds. The lowest BCUT2D eigenvalue weighted by Crippen LogP contribution is -2.49. The Labute approximate surface area is 228 Å². The van der Waals surface area contributed by atoms with Gasteiger partial charge in [-0.05, 0) is 25.0 Å². The first kappa shape index (κ1) is 30.0. The zero-order chi connectivity index (χ0) is 28.9. The fourth-order valence-corrected chi connectivity index (χ4v) is 4.01. The average molecular weight is 595 g/mol. The number of benzene rings is 2. The number of carbonyl (C=O) groups is 4. The third kappa shape index (κ3) is 7.51. The molecule has 1 aliphatic heterocycles. The highest BCUT2D eigenvalue weighted by molar-refractivity contribution is 6.43. The number of ether oxygens (including phenoxy) is 2. The molecule has 15 heteroatoms. The van der Waals surface area contributed by atoms with Crippen LogP contribution in [0.5, 0.6) is 11.5 Å². The molecular weight excluding hydrogens is 575 g/mol. The van der Waals surface area contributed by atoms with E-state index >= 15 is 0 Å². The van der Waals surface area contributed by atoms with Crippen LogP contribution in [0.25, 0.3) is 0 Å². The standard InChI is InChI=1S/C24H20Cl2F4N2O7/c25-12-2-1-3-17(19(12)26)39-24(37)32-6-4-11(5-7-32)23(36)31-15(9-18(34)35)16(33)10-38-22-20(29)13(27)8-14(28)21(22)30/h1-3,8,11,15H,4-7,9-10H2,(H,31,36)(H,34,35). The Morgan fingerprint density at radius 2 is 1.67 bits per heavy atom. The van der Waals surface area contributed by atoms with E-state index < -0.39 is 77.8 Å². The molecule has 9 nitrogen and oxygen atoms in total. The molecule has 0 radical (unpaired) electrons. The summed E-state index contributed by atoms with van der Waals surface area (Å²) in [5.74, 6) is -12.8. The first-order valence-corrected chi connectivity index (χ1v) is 12.1. The molecule has 2 aromatic carbocycles. The fraction of sp³-hybridized carbons (Fsp3) is 0.333. The van der Waals surface area contributed by atoms with Crippen LogP contribution in [-0.2, 0) is 14.4 Å². The van der Waals surface area contributed by atoms with Gasteiger partial charge in [0.15, 0.2) is 28.9 Å². The number of halogens is 6. The first-order valence-electron chi connectivity index (χ1n) is 11.3. The zero-order valence-electron chi connectivity index (χ0n) is 19.8. The van der Waals surface area contributed by atoms with Gasteiger partial charge in [0.1, 0.15) is 17.7 Å². The number of Topliss-reactive ketones (excluding diaryl/α,β-unsaturated/α-hetero) is 1. The van der Waals surface area contributed by atoms with Crippen molar-refractivity contribution >= 4 is 47.0 Å². The van der Waals surface area contributed by atoms with Crippen molar-refractivity contribution in [3.05, 3.63) is 57.6 Å². The molecule has 1 unspecified atom stereocenters. The topological polar surface area (TPSA) is 122 Å². The maximum Gasteiger partial charge on any atom is 0.415 e. The summed E-state index contributed by atoms with van der Waals surface area (Å²) in [5, 5.41) is 11.6. The molecule has 39 heavy (non-hydrogen) atoms. The predicted molar refractivity (Wildman–Crippen MR) is 128 cm³/mol. The quantitative estimate of drug-likeness (QED) is 0.326. The van der Waals surface area contributed by atoms with Crippen molar-refractivity contribution in [1.82, 2.24) is 10.2 Å². The Kier molecular flexibility index (Phi) is 9.97. The molecule has 2 aromatic rings. The van der Waals surface area contributed by atoms with Crippen molar-refractivity contribution in [3.8, 4) is 11.5 Å². The summed E-state index contributed by atoms with van der Waals surface area (Å²) < 4.78 is 64.1. The van der Waals surface area contributed by atoms with Gasteiger partial charge in [-0.3, -0.25) is 14.4 Å². The molecule has 1 aliphatic rings. The van der Waals surface area contributed by atoms with E-state index in [0.29, 0.717) is 0 Å². The van der Waals surface area contributed by atoms with Crippen molar-refractivity contribution in [3.63, 3.8) is 0 Å². The van der Waals surface area contributed by atoms with Crippen molar-refractivity contribution in [2.45, 2.75) is 25.3 Å². The SMILES string of the molecule is O=C(O)CC(NC(=O)C1CCN(C(=O)Oc2cccc(Cl)c2Cl)CC1)C(=O)COc1c(F)c(F)cc(F)c1F. The predicted octanol–water partition coefficient (Wildman–Crippen LogP) is 4.37. The van der Waals surface area contributed by atoms with Crippen LogP contribution in [-0.4, -0.2) is 59.5 Å². The van der Waals surface area contributed by atoms with Crippen LogP contribution in [0.4, 0.5) is 22.4 Å². The van der Waals surface area contributed by atoms with E-state index in [-0.39, 0.29) is 47.8 Å². The van der Waals surface area contributed by atoms with E-state index in [1.54, 1.807) is 0 Å². The van der Waals surface area contributed by atoms with Gasteiger partial charge in [0.25, 0.3) is 0 Å². The number of piperidine rings is 1. The van der Waals surface area contributed by atoms with Gasteiger partial charge in [-0.25, -0.2) is 13.6 Å². The van der Waals surface area contributed by atoms with E-state index in [2.05, 4.69) is 10.1 Å². The maximum atomic E-state index is 13.8. The Morgan fingerprint density at radius 3 is 2.26 bits per heavy atom. The molecule has 0 aromatic heterocycles. The van der Waals surface area contributed by atoms with Crippen molar-refractivity contribution in [2.24, 2.45) is 5.92 Å².